The number of phenols is 1. The fourth-order valence-electron chi connectivity index (χ4n) is 2.39. The van der Waals surface area contributed by atoms with Crippen LogP contribution >= 0.6 is 15.9 Å². The zero-order chi connectivity index (χ0) is 19.4. The average Bonchev–Trinajstić information content (AvgIpc) is 2.64. The fourth-order valence-corrected chi connectivity index (χ4v) is 4.20. The van der Waals surface area contributed by atoms with Crippen LogP contribution in [0.25, 0.3) is 0 Å². The van der Waals surface area contributed by atoms with Gasteiger partial charge in [0.2, 0.25) is 0 Å². The van der Waals surface area contributed by atoms with Crippen molar-refractivity contribution in [1.82, 2.24) is 0 Å². The van der Waals surface area contributed by atoms with Crippen LogP contribution in [-0.2, 0) is 10.0 Å². The molecule has 0 saturated heterocycles. The highest BCUT2D eigenvalue weighted by Gasteiger charge is 2.25. The van der Waals surface area contributed by atoms with E-state index < -0.39 is 26.6 Å². The maximum atomic E-state index is 12.7. The number of carbonyl (C=O) groups is 1. The molecule has 3 aromatic carbocycles. The molecule has 0 heterocycles. The van der Waals surface area contributed by atoms with E-state index in [-0.39, 0.29) is 5.56 Å². The number of nitrogens with one attached hydrogen (secondary N) is 2. The van der Waals surface area contributed by atoms with E-state index in [9.17, 15) is 18.3 Å². The highest BCUT2D eigenvalue weighted by atomic mass is 79.9. The number of hydrogen-bond donors (Lipinski definition) is 3. The number of aromatic hydroxyl groups is 1. The molecule has 0 bridgehead atoms. The molecular formula is C19H15BrN2O4S. The lowest BCUT2D eigenvalue weighted by molar-refractivity contribution is 0.102. The van der Waals surface area contributed by atoms with Gasteiger partial charge in [-0.15, -0.1) is 0 Å². The Morgan fingerprint density at radius 2 is 1.44 bits per heavy atom. The van der Waals surface area contributed by atoms with Gasteiger partial charge < -0.3 is 10.4 Å². The Morgan fingerprint density at radius 1 is 0.889 bits per heavy atom. The van der Waals surface area contributed by atoms with E-state index >= 15 is 0 Å². The predicted octanol–water partition coefficient (Wildman–Crippen LogP) is 4.21. The number of rotatable bonds is 5. The van der Waals surface area contributed by atoms with Gasteiger partial charge in [0.05, 0.1) is 5.56 Å². The molecule has 27 heavy (non-hydrogen) atoms. The van der Waals surface area contributed by atoms with Gasteiger partial charge in [-0.25, -0.2) is 8.42 Å². The lowest BCUT2D eigenvalue weighted by Gasteiger charge is -2.13. The molecule has 0 aliphatic heterocycles. The smallest absolute Gasteiger partial charge is 0.265 e. The van der Waals surface area contributed by atoms with Crippen LogP contribution in [0.2, 0.25) is 0 Å². The van der Waals surface area contributed by atoms with Crippen LogP contribution in [0.5, 0.6) is 5.75 Å². The molecule has 0 unspecified atom stereocenters. The molecule has 0 radical (unpaired) electrons. The third-order valence-corrected chi connectivity index (χ3v) is 5.48. The molecule has 0 aliphatic rings. The number of sulfonamides is 1. The standard InChI is InChI=1S/C19H15BrN2O4S/c20-13-11-16(19(24)21-14-7-3-1-4-8-14)18(23)17(12-13)27(25,26)22-15-9-5-2-6-10-15/h1-12,22-23H,(H,21,24). The first-order valence-corrected chi connectivity index (χ1v) is 10.1. The average molecular weight is 447 g/mol. The summed E-state index contributed by atoms with van der Waals surface area (Å²) < 4.78 is 28.1. The number of para-hydroxylation sites is 2. The van der Waals surface area contributed by atoms with Gasteiger partial charge in [0.15, 0.2) is 0 Å². The summed E-state index contributed by atoms with van der Waals surface area (Å²) in [6, 6.07) is 19.5. The quantitative estimate of drug-likeness (QED) is 0.546. The van der Waals surface area contributed by atoms with Gasteiger partial charge in [0, 0.05) is 15.8 Å². The van der Waals surface area contributed by atoms with Crippen LogP contribution in [0.4, 0.5) is 11.4 Å². The summed E-state index contributed by atoms with van der Waals surface area (Å²) in [5.41, 5.74) is 0.697. The summed E-state index contributed by atoms with van der Waals surface area (Å²) >= 11 is 3.20. The number of phenolic OH excluding ortho intramolecular Hbond substituents is 1. The van der Waals surface area contributed by atoms with Crippen LogP contribution in [0.3, 0.4) is 0 Å². The van der Waals surface area contributed by atoms with Gasteiger partial charge in [-0.05, 0) is 36.4 Å². The van der Waals surface area contributed by atoms with Crippen molar-refractivity contribution in [3.8, 4) is 5.75 Å². The van der Waals surface area contributed by atoms with Crippen LogP contribution in [-0.4, -0.2) is 19.4 Å². The Bertz CT molecular complexity index is 1070. The number of carbonyl (C=O) groups excluding carboxylic acids is 1. The number of anilines is 2. The Kier molecular flexibility index (Phi) is 5.48. The molecule has 0 aliphatic carbocycles. The highest BCUT2D eigenvalue weighted by Crippen LogP contribution is 2.32. The lowest BCUT2D eigenvalue weighted by atomic mass is 10.2. The zero-order valence-electron chi connectivity index (χ0n) is 13.9. The number of hydrogen-bond acceptors (Lipinski definition) is 4. The molecule has 8 heteroatoms. The van der Waals surface area contributed by atoms with Gasteiger partial charge in [0.1, 0.15) is 10.6 Å². The normalized spacial score (nSPS) is 11.0. The molecule has 3 rings (SSSR count). The first-order chi connectivity index (χ1) is 12.9. The predicted molar refractivity (Wildman–Crippen MR) is 107 cm³/mol. The van der Waals surface area contributed by atoms with Crippen molar-refractivity contribution in [3.63, 3.8) is 0 Å². The molecule has 0 spiro atoms. The van der Waals surface area contributed by atoms with Gasteiger partial charge in [0.25, 0.3) is 15.9 Å². The maximum absolute atomic E-state index is 12.7. The maximum Gasteiger partial charge on any atom is 0.265 e. The van der Waals surface area contributed by atoms with Crippen molar-refractivity contribution < 1.29 is 18.3 Å². The molecule has 3 aromatic rings. The summed E-state index contributed by atoms with van der Waals surface area (Å²) in [7, 11) is -4.11. The van der Waals surface area contributed by atoms with E-state index in [2.05, 4.69) is 26.0 Å². The number of amides is 1. The fraction of sp³-hybridized carbons (Fsp3) is 0. The molecule has 138 valence electrons. The van der Waals surface area contributed by atoms with Crippen molar-refractivity contribution in [3.05, 3.63) is 82.8 Å². The Labute approximate surface area is 165 Å². The van der Waals surface area contributed by atoms with Gasteiger partial charge in [-0.2, -0.15) is 0 Å². The minimum atomic E-state index is -4.11. The van der Waals surface area contributed by atoms with E-state index in [1.807, 2.05) is 0 Å². The molecule has 6 nitrogen and oxygen atoms in total. The first-order valence-electron chi connectivity index (χ1n) is 7.83. The van der Waals surface area contributed by atoms with Crippen molar-refractivity contribution in [2.45, 2.75) is 4.90 Å². The molecular weight excluding hydrogens is 432 g/mol. The molecule has 1 amide bonds. The third kappa shape index (κ3) is 4.47. The van der Waals surface area contributed by atoms with E-state index in [0.29, 0.717) is 15.8 Å². The van der Waals surface area contributed by atoms with Crippen molar-refractivity contribution in [2.24, 2.45) is 0 Å². The SMILES string of the molecule is O=C(Nc1ccccc1)c1cc(Br)cc(S(=O)(=O)Nc2ccccc2)c1O. The monoisotopic (exact) mass is 446 g/mol. The topological polar surface area (TPSA) is 95.5 Å². The van der Waals surface area contributed by atoms with Crippen LogP contribution in [0.1, 0.15) is 10.4 Å². The number of halogens is 1. The van der Waals surface area contributed by atoms with Crippen LogP contribution in [0.15, 0.2) is 82.2 Å². The van der Waals surface area contributed by atoms with Crippen molar-refractivity contribution in [1.29, 1.82) is 0 Å². The van der Waals surface area contributed by atoms with E-state index in [1.165, 1.54) is 12.1 Å². The Balaban J connectivity index is 1.97. The first kappa shape index (κ1) is 18.9. The molecule has 0 fully saturated rings. The summed E-state index contributed by atoms with van der Waals surface area (Å²) in [5, 5.41) is 13.1. The second-order valence-corrected chi connectivity index (χ2v) is 8.16. The van der Waals surface area contributed by atoms with Gasteiger partial charge in [-0.3, -0.25) is 9.52 Å². The largest absolute Gasteiger partial charge is 0.506 e. The summed E-state index contributed by atoms with van der Waals surface area (Å²) in [5.74, 6) is -1.26. The van der Waals surface area contributed by atoms with Crippen molar-refractivity contribution in [2.75, 3.05) is 10.0 Å². The van der Waals surface area contributed by atoms with Crippen molar-refractivity contribution >= 4 is 43.2 Å². The minimum Gasteiger partial charge on any atom is -0.506 e. The Morgan fingerprint density at radius 3 is 2.04 bits per heavy atom. The second-order valence-electron chi connectivity index (χ2n) is 5.59. The molecule has 0 aromatic heterocycles. The Hall–Kier alpha value is -2.84. The molecule has 0 atom stereocenters. The third-order valence-electron chi connectivity index (χ3n) is 3.63. The highest BCUT2D eigenvalue weighted by molar-refractivity contribution is 9.10. The number of benzene rings is 3. The van der Waals surface area contributed by atoms with Gasteiger partial charge >= 0.3 is 0 Å². The summed E-state index contributed by atoms with van der Waals surface area (Å²) in [4.78, 5) is 12.1. The van der Waals surface area contributed by atoms with Gasteiger partial charge in [-0.1, -0.05) is 52.3 Å². The van der Waals surface area contributed by atoms with E-state index in [4.69, 9.17) is 0 Å². The summed E-state index contributed by atoms with van der Waals surface area (Å²) in [6.45, 7) is 0. The second kappa shape index (κ2) is 7.81. The zero-order valence-corrected chi connectivity index (χ0v) is 16.3. The molecule has 0 saturated carbocycles. The van der Waals surface area contributed by atoms with Crippen LogP contribution < -0.4 is 10.0 Å². The van der Waals surface area contributed by atoms with Crippen LogP contribution in [0, 0.1) is 0 Å². The molecule has 3 N–H and O–H groups in total. The minimum absolute atomic E-state index is 0.165. The lowest BCUT2D eigenvalue weighted by Crippen LogP contribution is -2.16. The van der Waals surface area contributed by atoms with E-state index in [1.54, 1.807) is 60.7 Å². The summed E-state index contributed by atoms with van der Waals surface area (Å²) in [6.07, 6.45) is 0. The van der Waals surface area contributed by atoms with E-state index in [0.717, 1.165) is 0 Å².